The van der Waals surface area contributed by atoms with Gasteiger partial charge in [-0.1, -0.05) is 76.9 Å². The Balaban J connectivity index is 1.65. The van der Waals surface area contributed by atoms with Gasteiger partial charge in [0, 0.05) is 14.4 Å². The molecule has 4 rings (SSSR count). The van der Waals surface area contributed by atoms with Gasteiger partial charge in [-0.2, -0.15) is 9.78 Å². The van der Waals surface area contributed by atoms with Crippen molar-refractivity contribution in [2.24, 2.45) is 5.10 Å². The van der Waals surface area contributed by atoms with E-state index >= 15 is 0 Å². The zero-order valence-electron chi connectivity index (χ0n) is 18.5. The first-order valence-corrected chi connectivity index (χ1v) is 12.0. The molecule has 0 spiro atoms. The Bertz CT molecular complexity index is 1390. The summed E-state index contributed by atoms with van der Waals surface area (Å²) in [5, 5.41) is 5.05. The fourth-order valence-corrected chi connectivity index (χ4v) is 3.92. The van der Waals surface area contributed by atoms with Crippen molar-refractivity contribution in [3.8, 4) is 5.75 Å². The van der Waals surface area contributed by atoms with Crippen molar-refractivity contribution >= 4 is 49.0 Å². The predicted octanol–water partition coefficient (Wildman–Crippen LogP) is 6.68. The molecule has 0 N–H and O–H groups in total. The van der Waals surface area contributed by atoms with Crippen LogP contribution in [0.25, 0.3) is 10.9 Å². The van der Waals surface area contributed by atoms with Crippen molar-refractivity contribution in [2.75, 3.05) is 0 Å². The molecular formula is C26H23Br2N3O2. The summed E-state index contributed by atoms with van der Waals surface area (Å²) in [6.45, 7) is 6.51. The second-order valence-electron chi connectivity index (χ2n) is 8.70. The first-order valence-electron chi connectivity index (χ1n) is 10.5. The Kier molecular flexibility index (Phi) is 6.81. The number of fused-ring (bicyclic) bond motifs is 1. The molecule has 0 radical (unpaired) electrons. The number of benzene rings is 3. The van der Waals surface area contributed by atoms with Crippen molar-refractivity contribution in [1.82, 2.24) is 9.66 Å². The lowest BCUT2D eigenvalue weighted by molar-refractivity contribution is 0.306. The molecular weight excluding hydrogens is 546 g/mol. The van der Waals surface area contributed by atoms with Gasteiger partial charge in [0.25, 0.3) is 5.56 Å². The van der Waals surface area contributed by atoms with E-state index in [2.05, 4.69) is 37.0 Å². The molecule has 168 valence electrons. The third-order valence-corrected chi connectivity index (χ3v) is 6.00. The molecule has 1 aromatic heterocycles. The van der Waals surface area contributed by atoms with Gasteiger partial charge < -0.3 is 4.74 Å². The van der Waals surface area contributed by atoms with Crippen LogP contribution < -0.4 is 10.3 Å². The minimum absolute atomic E-state index is 0.204. The summed E-state index contributed by atoms with van der Waals surface area (Å²) in [5.74, 6) is 1.33. The molecule has 0 atom stereocenters. The van der Waals surface area contributed by atoms with Gasteiger partial charge in [-0.15, -0.1) is 0 Å². The van der Waals surface area contributed by atoms with Crippen LogP contribution in [0.4, 0.5) is 0 Å². The second-order valence-corrected chi connectivity index (χ2v) is 10.5. The number of halogens is 2. The third-order valence-electron chi connectivity index (χ3n) is 4.98. The van der Waals surface area contributed by atoms with Gasteiger partial charge in [0.2, 0.25) is 0 Å². The Labute approximate surface area is 209 Å². The smallest absolute Gasteiger partial charge is 0.282 e. The Hall–Kier alpha value is -2.77. The van der Waals surface area contributed by atoms with Crippen LogP contribution >= 0.6 is 31.9 Å². The SMILES string of the molecule is CC(C)(C)c1nc2ccc(Br)cc2c(=O)n1N=Cc1cccc(OCc2ccc(Br)cc2)c1. The molecule has 0 aliphatic heterocycles. The Morgan fingerprint density at radius 3 is 2.45 bits per heavy atom. The molecule has 0 amide bonds. The highest BCUT2D eigenvalue weighted by Gasteiger charge is 2.22. The molecule has 0 saturated heterocycles. The molecule has 1 heterocycles. The van der Waals surface area contributed by atoms with E-state index in [1.54, 1.807) is 12.3 Å². The van der Waals surface area contributed by atoms with Crippen molar-refractivity contribution in [1.29, 1.82) is 0 Å². The van der Waals surface area contributed by atoms with Gasteiger partial charge in [0.1, 0.15) is 18.2 Å². The van der Waals surface area contributed by atoms with Crippen molar-refractivity contribution in [3.05, 3.63) is 103 Å². The molecule has 4 aromatic rings. The molecule has 3 aromatic carbocycles. The summed E-state index contributed by atoms with van der Waals surface area (Å²) in [4.78, 5) is 18.0. The zero-order chi connectivity index (χ0) is 23.6. The maximum absolute atomic E-state index is 13.3. The van der Waals surface area contributed by atoms with Crippen LogP contribution in [0.1, 0.15) is 37.7 Å². The van der Waals surface area contributed by atoms with Crippen LogP contribution in [0.2, 0.25) is 0 Å². The second kappa shape index (κ2) is 9.61. The van der Waals surface area contributed by atoms with Crippen molar-refractivity contribution in [3.63, 3.8) is 0 Å². The Morgan fingerprint density at radius 1 is 1.00 bits per heavy atom. The Morgan fingerprint density at radius 2 is 1.73 bits per heavy atom. The summed E-state index contributed by atoms with van der Waals surface area (Å²) < 4.78 is 9.18. The van der Waals surface area contributed by atoms with Gasteiger partial charge in [0.15, 0.2) is 0 Å². The van der Waals surface area contributed by atoms with Crippen LogP contribution in [-0.4, -0.2) is 15.9 Å². The molecule has 0 fully saturated rings. The number of rotatable bonds is 5. The lowest BCUT2D eigenvalue weighted by Gasteiger charge is -2.20. The van der Waals surface area contributed by atoms with E-state index in [0.29, 0.717) is 23.3 Å². The number of nitrogens with zero attached hydrogens (tertiary/aromatic N) is 3. The maximum Gasteiger partial charge on any atom is 0.282 e. The van der Waals surface area contributed by atoms with Crippen molar-refractivity contribution < 1.29 is 4.74 Å². The van der Waals surface area contributed by atoms with E-state index in [1.807, 2.05) is 81.4 Å². The van der Waals surface area contributed by atoms with Gasteiger partial charge in [-0.05, 0) is 53.6 Å². The fraction of sp³-hybridized carbons (Fsp3) is 0.192. The molecule has 0 aliphatic carbocycles. The summed E-state index contributed by atoms with van der Waals surface area (Å²) >= 11 is 6.88. The zero-order valence-corrected chi connectivity index (χ0v) is 21.7. The standard InChI is InChI=1S/C26H23Br2N3O2/c1-26(2,3)25-30-23-12-11-20(28)14-22(23)24(32)31(25)29-15-18-5-4-6-21(13-18)33-16-17-7-9-19(27)10-8-17/h4-15H,16H2,1-3H3. The first kappa shape index (κ1) is 23.4. The van der Waals surface area contributed by atoms with Crippen LogP contribution in [0.5, 0.6) is 5.75 Å². The first-order chi connectivity index (χ1) is 15.7. The molecule has 0 bridgehead atoms. The van der Waals surface area contributed by atoms with E-state index in [0.717, 1.165) is 25.8 Å². The van der Waals surface area contributed by atoms with Gasteiger partial charge in [-0.25, -0.2) is 4.98 Å². The molecule has 0 unspecified atom stereocenters. The summed E-state index contributed by atoms with van der Waals surface area (Å²) in [6.07, 6.45) is 1.66. The third kappa shape index (κ3) is 5.60. The van der Waals surface area contributed by atoms with E-state index in [9.17, 15) is 4.79 Å². The quantitative estimate of drug-likeness (QED) is 0.252. The highest BCUT2D eigenvalue weighted by atomic mass is 79.9. The molecule has 33 heavy (non-hydrogen) atoms. The van der Waals surface area contributed by atoms with Gasteiger partial charge in [0.05, 0.1) is 17.1 Å². The predicted molar refractivity (Wildman–Crippen MR) is 140 cm³/mol. The van der Waals surface area contributed by atoms with E-state index in [4.69, 9.17) is 9.72 Å². The minimum atomic E-state index is -0.368. The monoisotopic (exact) mass is 567 g/mol. The highest BCUT2D eigenvalue weighted by molar-refractivity contribution is 9.10. The fourth-order valence-electron chi connectivity index (χ4n) is 3.30. The van der Waals surface area contributed by atoms with E-state index < -0.39 is 0 Å². The molecule has 7 heteroatoms. The topological polar surface area (TPSA) is 56.5 Å². The van der Waals surface area contributed by atoms with Crippen LogP contribution in [0.3, 0.4) is 0 Å². The maximum atomic E-state index is 13.3. The molecule has 5 nitrogen and oxygen atoms in total. The lowest BCUT2D eigenvalue weighted by atomic mass is 9.95. The molecule has 0 aliphatic rings. The van der Waals surface area contributed by atoms with Crippen molar-refractivity contribution in [2.45, 2.75) is 32.8 Å². The minimum Gasteiger partial charge on any atom is -0.489 e. The highest BCUT2D eigenvalue weighted by Crippen LogP contribution is 2.23. The summed E-state index contributed by atoms with van der Waals surface area (Å²) in [5.41, 5.74) is 1.98. The largest absolute Gasteiger partial charge is 0.489 e. The number of ether oxygens (including phenoxy) is 1. The van der Waals surface area contributed by atoms with Crippen LogP contribution in [-0.2, 0) is 12.0 Å². The van der Waals surface area contributed by atoms with E-state index in [-0.39, 0.29) is 11.0 Å². The van der Waals surface area contributed by atoms with Crippen LogP contribution in [0, 0.1) is 0 Å². The average Bonchev–Trinajstić information content (AvgIpc) is 2.78. The lowest BCUT2D eigenvalue weighted by Crippen LogP contribution is -2.29. The van der Waals surface area contributed by atoms with E-state index in [1.165, 1.54) is 4.68 Å². The number of aromatic nitrogens is 2. The normalized spacial score (nSPS) is 11.9. The molecule has 0 saturated carbocycles. The van der Waals surface area contributed by atoms with Crippen LogP contribution in [0.15, 0.2) is 85.6 Å². The average molecular weight is 569 g/mol. The van der Waals surface area contributed by atoms with Gasteiger partial charge >= 0.3 is 0 Å². The summed E-state index contributed by atoms with van der Waals surface area (Å²) in [7, 11) is 0. The number of hydrogen-bond donors (Lipinski definition) is 0. The number of hydrogen-bond acceptors (Lipinski definition) is 4. The van der Waals surface area contributed by atoms with Gasteiger partial charge in [-0.3, -0.25) is 4.79 Å². The summed E-state index contributed by atoms with van der Waals surface area (Å²) in [6, 6.07) is 21.1.